The second-order valence-corrected chi connectivity index (χ2v) is 5.85. The number of thiophene rings is 1. The first-order valence-electron chi connectivity index (χ1n) is 4.62. The maximum absolute atomic E-state index is 10.0. The number of aliphatic hydroxyl groups is 1. The van der Waals surface area contributed by atoms with E-state index in [1.165, 1.54) is 24.1 Å². The molecule has 2 rings (SSSR count). The lowest BCUT2D eigenvalue weighted by molar-refractivity contribution is 0.0645. The van der Waals surface area contributed by atoms with Gasteiger partial charge in [-0.1, -0.05) is 6.42 Å². The van der Waals surface area contributed by atoms with Crippen LogP contribution in [0.15, 0.2) is 10.5 Å². The second kappa shape index (κ2) is 3.71. The van der Waals surface area contributed by atoms with Gasteiger partial charge in [-0.2, -0.15) is 0 Å². The lowest BCUT2D eigenvalue weighted by Crippen LogP contribution is -2.19. The average Bonchev–Trinajstić information content (AvgIpc) is 2.26. The molecule has 0 aromatic carbocycles. The summed E-state index contributed by atoms with van der Waals surface area (Å²) >= 11 is 5.19. The van der Waals surface area contributed by atoms with Gasteiger partial charge in [0.05, 0.1) is 6.10 Å². The lowest BCUT2D eigenvalue weighted by Gasteiger charge is -2.29. The molecule has 1 aliphatic rings. The molecule has 1 nitrogen and oxygen atoms in total. The molecule has 0 spiro atoms. The van der Waals surface area contributed by atoms with Gasteiger partial charge in [0, 0.05) is 14.2 Å². The highest BCUT2D eigenvalue weighted by atomic mass is 79.9. The van der Waals surface area contributed by atoms with Gasteiger partial charge in [0.2, 0.25) is 0 Å². The number of rotatable bonds is 2. The normalized spacial score (nSPS) is 19.9. The van der Waals surface area contributed by atoms with Crippen LogP contribution in [0, 0.1) is 12.8 Å². The minimum absolute atomic E-state index is 0.234. The summed E-state index contributed by atoms with van der Waals surface area (Å²) < 4.78 is 1.08. The van der Waals surface area contributed by atoms with Gasteiger partial charge in [-0.05, 0) is 47.7 Å². The summed E-state index contributed by atoms with van der Waals surface area (Å²) in [5.41, 5.74) is 0. The maximum atomic E-state index is 10.0. The smallest absolute Gasteiger partial charge is 0.0921 e. The maximum Gasteiger partial charge on any atom is 0.0921 e. The van der Waals surface area contributed by atoms with Gasteiger partial charge in [0.15, 0.2) is 0 Å². The SMILES string of the molecule is Cc1cc(Br)c(C(O)C2CCC2)s1. The highest BCUT2D eigenvalue weighted by Crippen LogP contribution is 2.42. The molecule has 1 saturated carbocycles. The molecule has 1 fully saturated rings. The van der Waals surface area contributed by atoms with Gasteiger partial charge in [-0.25, -0.2) is 0 Å². The van der Waals surface area contributed by atoms with Gasteiger partial charge in [0.25, 0.3) is 0 Å². The van der Waals surface area contributed by atoms with Crippen LogP contribution < -0.4 is 0 Å². The summed E-state index contributed by atoms with van der Waals surface area (Å²) in [6.07, 6.45) is 3.42. The van der Waals surface area contributed by atoms with E-state index in [9.17, 15) is 5.11 Å². The molecule has 0 saturated heterocycles. The third-order valence-electron chi connectivity index (χ3n) is 2.70. The molecule has 1 atom stereocenters. The first kappa shape index (κ1) is 9.69. The largest absolute Gasteiger partial charge is 0.387 e. The van der Waals surface area contributed by atoms with Crippen molar-refractivity contribution in [1.29, 1.82) is 0 Å². The Balaban J connectivity index is 2.18. The molecule has 1 aromatic heterocycles. The van der Waals surface area contributed by atoms with Crippen molar-refractivity contribution in [3.63, 3.8) is 0 Å². The summed E-state index contributed by atoms with van der Waals surface area (Å²) in [5, 5.41) is 10.0. The molecule has 1 unspecified atom stereocenters. The molecule has 72 valence electrons. The molecular weight excluding hydrogens is 248 g/mol. The number of aryl methyl sites for hydroxylation is 1. The summed E-state index contributed by atoms with van der Waals surface area (Å²) in [4.78, 5) is 2.38. The van der Waals surface area contributed by atoms with E-state index < -0.39 is 0 Å². The van der Waals surface area contributed by atoms with Crippen molar-refractivity contribution < 1.29 is 5.11 Å². The Morgan fingerprint density at radius 3 is 2.69 bits per heavy atom. The Bertz CT molecular complexity index is 304. The molecule has 0 bridgehead atoms. The van der Waals surface area contributed by atoms with Crippen LogP contribution >= 0.6 is 27.3 Å². The summed E-state index contributed by atoms with van der Waals surface area (Å²) in [7, 11) is 0. The van der Waals surface area contributed by atoms with Gasteiger partial charge in [-0.15, -0.1) is 11.3 Å². The highest BCUT2D eigenvalue weighted by molar-refractivity contribution is 9.10. The topological polar surface area (TPSA) is 20.2 Å². The number of hydrogen-bond acceptors (Lipinski definition) is 2. The van der Waals surface area contributed by atoms with E-state index in [-0.39, 0.29) is 6.10 Å². The van der Waals surface area contributed by atoms with E-state index in [4.69, 9.17) is 0 Å². The quantitative estimate of drug-likeness (QED) is 0.861. The van der Waals surface area contributed by atoms with Crippen LogP contribution in [0.4, 0.5) is 0 Å². The van der Waals surface area contributed by atoms with Gasteiger partial charge >= 0.3 is 0 Å². The van der Waals surface area contributed by atoms with Crippen molar-refractivity contribution in [2.75, 3.05) is 0 Å². The van der Waals surface area contributed by atoms with E-state index in [1.807, 2.05) is 0 Å². The van der Waals surface area contributed by atoms with Crippen molar-refractivity contribution in [3.05, 3.63) is 20.3 Å². The molecule has 0 amide bonds. The molecule has 0 radical (unpaired) electrons. The van der Waals surface area contributed by atoms with Crippen molar-refractivity contribution in [2.45, 2.75) is 32.3 Å². The van der Waals surface area contributed by atoms with E-state index in [0.29, 0.717) is 5.92 Å². The van der Waals surface area contributed by atoms with Crippen molar-refractivity contribution >= 4 is 27.3 Å². The average molecular weight is 261 g/mol. The fourth-order valence-electron chi connectivity index (χ4n) is 1.67. The Kier molecular flexibility index (Phi) is 2.77. The van der Waals surface area contributed by atoms with Crippen molar-refractivity contribution in [3.8, 4) is 0 Å². The molecule has 1 N–H and O–H groups in total. The van der Waals surface area contributed by atoms with E-state index in [0.717, 1.165) is 9.35 Å². The molecule has 3 heteroatoms. The summed E-state index contributed by atoms with van der Waals surface area (Å²) in [6.45, 7) is 2.08. The van der Waals surface area contributed by atoms with Crippen LogP contribution in [-0.4, -0.2) is 5.11 Å². The predicted molar refractivity (Wildman–Crippen MR) is 59.1 cm³/mol. The van der Waals surface area contributed by atoms with Crippen molar-refractivity contribution in [1.82, 2.24) is 0 Å². The highest BCUT2D eigenvalue weighted by Gasteiger charge is 2.28. The molecular formula is C10H13BrOS. The third-order valence-corrected chi connectivity index (χ3v) is 4.74. The minimum atomic E-state index is -0.234. The zero-order chi connectivity index (χ0) is 9.42. The Morgan fingerprint density at radius 1 is 1.62 bits per heavy atom. The van der Waals surface area contributed by atoms with Crippen LogP contribution in [0.5, 0.6) is 0 Å². The minimum Gasteiger partial charge on any atom is -0.387 e. The van der Waals surface area contributed by atoms with Crippen LogP contribution in [0.3, 0.4) is 0 Å². The zero-order valence-electron chi connectivity index (χ0n) is 7.59. The first-order chi connectivity index (χ1) is 6.18. The van der Waals surface area contributed by atoms with Crippen LogP contribution in [-0.2, 0) is 0 Å². The van der Waals surface area contributed by atoms with Crippen LogP contribution in [0.25, 0.3) is 0 Å². The van der Waals surface area contributed by atoms with Gasteiger partial charge < -0.3 is 5.11 Å². The molecule has 1 aliphatic carbocycles. The fourth-order valence-corrected chi connectivity index (χ4v) is 3.64. The van der Waals surface area contributed by atoms with Crippen molar-refractivity contribution in [2.24, 2.45) is 5.92 Å². The molecule has 13 heavy (non-hydrogen) atoms. The molecule has 1 heterocycles. The van der Waals surface area contributed by atoms with Crippen LogP contribution in [0.1, 0.15) is 35.1 Å². The number of halogens is 1. The fraction of sp³-hybridized carbons (Fsp3) is 0.600. The van der Waals surface area contributed by atoms with Gasteiger partial charge in [-0.3, -0.25) is 0 Å². The molecule has 0 aliphatic heterocycles. The van der Waals surface area contributed by atoms with Crippen LogP contribution in [0.2, 0.25) is 0 Å². The number of aliphatic hydroxyl groups excluding tert-OH is 1. The second-order valence-electron chi connectivity index (χ2n) is 3.71. The Hall–Kier alpha value is 0.140. The standard InChI is InChI=1S/C10H13BrOS/c1-6-5-8(11)10(13-6)9(12)7-3-2-4-7/h5,7,9,12H,2-4H2,1H3. The van der Waals surface area contributed by atoms with E-state index in [1.54, 1.807) is 11.3 Å². The predicted octanol–water partition coefficient (Wildman–Crippen LogP) is 3.65. The monoisotopic (exact) mass is 260 g/mol. The third kappa shape index (κ3) is 1.83. The summed E-state index contributed by atoms with van der Waals surface area (Å²) in [6, 6.07) is 2.09. The Labute approximate surface area is 90.9 Å². The summed E-state index contributed by atoms with van der Waals surface area (Å²) in [5.74, 6) is 0.509. The lowest BCUT2D eigenvalue weighted by atomic mass is 9.81. The number of hydrogen-bond donors (Lipinski definition) is 1. The zero-order valence-corrected chi connectivity index (χ0v) is 9.99. The Morgan fingerprint density at radius 2 is 2.31 bits per heavy atom. The van der Waals surface area contributed by atoms with E-state index >= 15 is 0 Å². The first-order valence-corrected chi connectivity index (χ1v) is 6.23. The van der Waals surface area contributed by atoms with E-state index in [2.05, 4.69) is 28.9 Å². The molecule has 1 aromatic rings. The van der Waals surface area contributed by atoms with Gasteiger partial charge in [0.1, 0.15) is 0 Å².